The Morgan fingerprint density at radius 3 is 2.00 bits per heavy atom. The molecule has 0 fully saturated rings. The molecule has 0 aliphatic rings. The number of aromatic nitrogens is 1. The van der Waals surface area contributed by atoms with Crippen LogP contribution in [0.1, 0.15) is 71.1 Å². The van der Waals surface area contributed by atoms with Crippen LogP contribution < -0.4 is 4.74 Å². The Balaban J connectivity index is 1.83. The van der Waals surface area contributed by atoms with Crippen molar-refractivity contribution in [2.75, 3.05) is 0 Å². The van der Waals surface area contributed by atoms with Crippen molar-refractivity contribution >= 4 is 11.5 Å². The van der Waals surface area contributed by atoms with Crippen molar-refractivity contribution in [3.63, 3.8) is 0 Å². The maximum Gasteiger partial charge on any atom is 0.249 e. The maximum absolute atomic E-state index is 11.0. The monoisotopic (exact) mass is 269 g/mol. The van der Waals surface area contributed by atoms with Crippen LogP contribution in [0.3, 0.4) is 0 Å². The van der Waals surface area contributed by atoms with Crippen LogP contribution in [0.5, 0.6) is 0 Å². The normalized spacial score (nSPS) is 10.9. The molecule has 1 aromatic rings. The maximum atomic E-state index is 11.0. The molecule has 3 heteroatoms. The van der Waals surface area contributed by atoms with Gasteiger partial charge >= 0.3 is 0 Å². The van der Waals surface area contributed by atoms with E-state index in [1.165, 1.54) is 75.7 Å². The summed E-state index contributed by atoms with van der Waals surface area (Å²) in [7, 11) is 0. The highest BCUT2D eigenvalue weighted by Crippen LogP contribution is 2.11. The molecule has 0 atom stereocenters. The van der Waals surface area contributed by atoms with E-state index in [1.807, 2.05) is 10.2 Å². The molecule has 18 heavy (non-hydrogen) atoms. The van der Waals surface area contributed by atoms with Crippen molar-refractivity contribution in [1.29, 1.82) is 0 Å². The average Bonchev–Trinajstić information content (AvgIpc) is 2.77. The second kappa shape index (κ2) is 10.4. The zero-order valence-electron chi connectivity index (χ0n) is 11.7. The van der Waals surface area contributed by atoms with Crippen LogP contribution in [0.25, 0.3) is 0 Å². The lowest BCUT2D eigenvalue weighted by Gasteiger charge is -2.02. The number of hydrogen-bond donors (Lipinski definition) is 0. The molecule has 0 aliphatic heterocycles. The Morgan fingerprint density at radius 2 is 1.50 bits per heavy atom. The van der Waals surface area contributed by atoms with Crippen LogP contribution in [-0.2, 0) is 6.54 Å². The van der Waals surface area contributed by atoms with Gasteiger partial charge in [0.25, 0.3) is 0 Å². The lowest BCUT2D eigenvalue weighted by molar-refractivity contribution is 0.542. The third-order valence-electron chi connectivity index (χ3n) is 3.32. The molecule has 0 saturated carbocycles. The van der Waals surface area contributed by atoms with E-state index in [4.69, 9.17) is 0 Å². The highest BCUT2D eigenvalue weighted by atomic mass is 32.1. The predicted octanol–water partition coefficient (Wildman–Crippen LogP) is 4.83. The van der Waals surface area contributed by atoms with E-state index in [1.54, 1.807) is 6.07 Å². The second-order valence-electron chi connectivity index (χ2n) is 5.05. The fourth-order valence-electron chi connectivity index (χ4n) is 2.20. The van der Waals surface area contributed by atoms with Crippen molar-refractivity contribution in [2.45, 2.75) is 77.7 Å². The first-order valence-corrected chi connectivity index (χ1v) is 8.27. The molecule has 0 radical (unpaired) electrons. The van der Waals surface area contributed by atoms with Gasteiger partial charge in [0.1, 0.15) is 0 Å². The van der Waals surface area contributed by atoms with E-state index >= 15 is 0 Å². The largest absolute Gasteiger partial charge is 0.302 e. The summed E-state index contributed by atoms with van der Waals surface area (Å²) >= 11 is 1.33. The van der Waals surface area contributed by atoms with Gasteiger partial charge in [0.2, 0.25) is 4.74 Å². The first kappa shape index (κ1) is 15.5. The zero-order valence-corrected chi connectivity index (χ0v) is 12.5. The molecular weight excluding hydrogens is 242 g/mol. The minimum absolute atomic E-state index is 0.169. The van der Waals surface area contributed by atoms with E-state index < -0.39 is 0 Å². The van der Waals surface area contributed by atoms with Gasteiger partial charge in [-0.05, 0) is 18.0 Å². The Labute approximate surface area is 115 Å². The Bertz CT molecular complexity index is 342. The first-order chi connectivity index (χ1) is 8.83. The van der Waals surface area contributed by atoms with Gasteiger partial charge in [-0.15, -0.1) is 0 Å². The number of unbranched alkanes of at least 4 members (excludes halogenated alkanes) is 9. The SMILES string of the molecule is CCCCCCCCCCCCn1ccc(=O)s1. The second-order valence-corrected chi connectivity index (χ2v) is 6.10. The summed E-state index contributed by atoms with van der Waals surface area (Å²) < 4.78 is 2.22. The van der Waals surface area contributed by atoms with Crippen LogP contribution in [0.2, 0.25) is 0 Å². The highest BCUT2D eigenvalue weighted by molar-refractivity contribution is 7.03. The quantitative estimate of drug-likeness (QED) is 0.527. The standard InChI is InChI=1S/C15H27NOS/c1-2-3-4-5-6-7-8-9-10-11-13-16-14-12-15(17)18-16/h12,14H,2-11,13H2,1H3. The van der Waals surface area contributed by atoms with Crippen LogP contribution in [0.4, 0.5) is 0 Å². The predicted molar refractivity (Wildman–Crippen MR) is 80.4 cm³/mol. The van der Waals surface area contributed by atoms with Crippen LogP contribution >= 0.6 is 11.5 Å². The summed E-state index contributed by atoms with van der Waals surface area (Å²) in [5, 5.41) is 0. The number of nitrogens with zero attached hydrogens (tertiary/aromatic N) is 1. The third-order valence-corrected chi connectivity index (χ3v) is 4.17. The molecule has 0 aromatic carbocycles. The molecule has 0 unspecified atom stereocenters. The Kier molecular flexibility index (Phi) is 8.92. The molecule has 2 nitrogen and oxygen atoms in total. The molecule has 104 valence electrons. The lowest BCUT2D eigenvalue weighted by Crippen LogP contribution is -1.92. The summed E-state index contributed by atoms with van der Waals surface area (Å²) in [6, 6.07) is 1.65. The molecule has 0 bridgehead atoms. The van der Waals surface area contributed by atoms with Crippen molar-refractivity contribution in [2.24, 2.45) is 0 Å². The molecule has 0 amide bonds. The van der Waals surface area contributed by atoms with Crippen molar-refractivity contribution in [1.82, 2.24) is 3.96 Å². The van der Waals surface area contributed by atoms with Gasteiger partial charge in [0, 0.05) is 18.8 Å². The van der Waals surface area contributed by atoms with Crippen molar-refractivity contribution in [3.8, 4) is 0 Å². The smallest absolute Gasteiger partial charge is 0.249 e. The number of aryl methyl sites for hydroxylation is 1. The minimum atomic E-state index is 0.169. The van der Waals surface area contributed by atoms with Gasteiger partial charge in [-0.2, -0.15) is 0 Å². The van der Waals surface area contributed by atoms with Crippen LogP contribution in [-0.4, -0.2) is 3.96 Å². The topological polar surface area (TPSA) is 22.0 Å². The fraction of sp³-hybridized carbons (Fsp3) is 0.800. The number of rotatable bonds is 11. The molecule has 1 aromatic heterocycles. The fourth-order valence-corrected chi connectivity index (χ4v) is 2.89. The van der Waals surface area contributed by atoms with Gasteiger partial charge in [-0.25, -0.2) is 0 Å². The molecule has 0 N–H and O–H groups in total. The molecule has 0 spiro atoms. The van der Waals surface area contributed by atoms with Crippen LogP contribution in [0, 0.1) is 0 Å². The molecular formula is C15H27NOS. The van der Waals surface area contributed by atoms with Crippen LogP contribution in [0.15, 0.2) is 17.1 Å². The van der Waals surface area contributed by atoms with Crippen molar-refractivity contribution in [3.05, 3.63) is 21.8 Å². The average molecular weight is 269 g/mol. The zero-order chi connectivity index (χ0) is 13.1. The van der Waals surface area contributed by atoms with Gasteiger partial charge in [0.15, 0.2) is 0 Å². The van der Waals surface area contributed by atoms with E-state index in [-0.39, 0.29) is 4.74 Å². The Hall–Kier alpha value is -0.570. The van der Waals surface area contributed by atoms with Gasteiger partial charge in [-0.3, -0.25) is 4.79 Å². The van der Waals surface area contributed by atoms with Crippen molar-refractivity contribution < 1.29 is 0 Å². The van der Waals surface area contributed by atoms with E-state index in [9.17, 15) is 4.79 Å². The molecule has 1 rings (SSSR count). The summed E-state index contributed by atoms with van der Waals surface area (Å²) in [6.45, 7) is 3.28. The summed E-state index contributed by atoms with van der Waals surface area (Å²) in [4.78, 5) is 11.0. The molecule has 0 saturated heterocycles. The van der Waals surface area contributed by atoms with Gasteiger partial charge in [-0.1, -0.05) is 64.7 Å². The number of hydrogen-bond acceptors (Lipinski definition) is 2. The summed E-state index contributed by atoms with van der Waals surface area (Å²) in [6.07, 6.45) is 15.5. The summed E-state index contributed by atoms with van der Waals surface area (Å²) in [5.74, 6) is 0. The van der Waals surface area contributed by atoms with Gasteiger partial charge < -0.3 is 3.96 Å². The Morgan fingerprint density at radius 1 is 0.944 bits per heavy atom. The minimum Gasteiger partial charge on any atom is -0.302 e. The highest BCUT2D eigenvalue weighted by Gasteiger charge is 1.95. The van der Waals surface area contributed by atoms with E-state index in [0.29, 0.717) is 0 Å². The summed E-state index contributed by atoms with van der Waals surface area (Å²) in [5.41, 5.74) is 0. The lowest BCUT2D eigenvalue weighted by atomic mass is 10.1. The molecule has 1 heterocycles. The first-order valence-electron chi connectivity index (χ1n) is 7.49. The van der Waals surface area contributed by atoms with Gasteiger partial charge in [0.05, 0.1) is 0 Å². The third kappa shape index (κ3) is 7.70. The molecule has 0 aliphatic carbocycles. The van der Waals surface area contributed by atoms with E-state index in [0.717, 1.165) is 6.54 Å². The van der Waals surface area contributed by atoms with E-state index in [2.05, 4.69) is 6.92 Å².